The Hall–Kier alpha value is -3.43. The maximum Gasteiger partial charge on any atom is 0.239 e. The molecule has 1 saturated heterocycles. The molecule has 5 nitrogen and oxygen atoms in total. The molecule has 1 amide bonds. The number of nitriles is 1. The SMILES string of the molecule is CN1C(=N)N[C@](C)(c2ccc(-c3cccc(C#N)c3)s2)[C@H](c2ccc(C(C)(C)C)cc2)C1=O. The molecule has 2 aromatic carbocycles. The number of benzene rings is 2. The van der Waals surface area contributed by atoms with Crippen LogP contribution in [0.25, 0.3) is 10.4 Å². The molecule has 0 saturated carbocycles. The van der Waals surface area contributed by atoms with E-state index < -0.39 is 11.5 Å². The van der Waals surface area contributed by atoms with Gasteiger partial charge in [-0.1, -0.05) is 57.2 Å². The van der Waals surface area contributed by atoms with Crippen LogP contribution in [-0.2, 0) is 15.7 Å². The second kappa shape index (κ2) is 8.17. The number of hydrogen-bond acceptors (Lipinski definition) is 4. The minimum absolute atomic E-state index is 0.0240. The van der Waals surface area contributed by atoms with Crippen molar-refractivity contribution in [3.63, 3.8) is 0 Å². The van der Waals surface area contributed by atoms with Crippen LogP contribution in [-0.4, -0.2) is 23.8 Å². The van der Waals surface area contributed by atoms with E-state index in [2.05, 4.69) is 44.3 Å². The fourth-order valence-corrected chi connectivity index (χ4v) is 5.46. The molecule has 1 aliphatic rings. The Morgan fingerprint density at radius 3 is 2.45 bits per heavy atom. The van der Waals surface area contributed by atoms with Crippen LogP contribution in [0.3, 0.4) is 0 Å². The van der Waals surface area contributed by atoms with Crippen molar-refractivity contribution in [1.82, 2.24) is 10.2 Å². The van der Waals surface area contributed by atoms with E-state index in [1.165, 1.54) is 10.5 Å². The number of carbonyl (C=O) groups is 1. The summed E-state index contributed by atoms with van der Waals surface area (Å²) in [5.74, 6) is -0.500. The normalized spacial score (nSPS) is 21.0. The molecule has 1 aromatic heterocycles. The summed E-state index contributed by atoms with van der Waals surface area (Å²) in [7, 11) is 1.64. The molecule has 4 rings (SSSR count). The van der Waals surface area contributed by atoms with Crippen molar-refractivity contribution >= 4 is 23.2 Å². The van der Waals surface area contributed by atoms with Crippen molar-refractivity contribution < 1.29 is 4.79 Å². The molecule has 0 aliphatic carbocycles. The van der Waals surface area contributed by atoms with Crippen LogP contribution < -0.4 is 5.32 Å². The van der Waals surface area contributed by atoms with Gasteiger partial charge in [-0.3, -0.25) is 15.1 Å². The number of guanidine groups is 1. The van der Waals surface area contributed by atoms with Gasteiger partial charge in [0.05, 0.1) is 23.1 Å². The van der Waals surface area contributed by atoms with Gasteiger partial charge in [-0.05, 0) is 53.3 Å². The zero-order valence-electron chi connectivity index (χ0n) is 19.6. The smallest absolute Gasteiger partial charge is 0.239 e. The zero-order chi connectivity index (χ0) is 24.0. The molecule has 0 radical (unpaired) electrons. The van der Waals surface area contributed by atoms with Gasteiger partial charge < -0.3 is 5.32 Å². The Morgan fingerprint density at radius 1 is 1.12 bits per heavy atom. The first-order chi connectivity index (χ1) is 15.5. The number of amides is 1. The predicted molar refractivity (Wildman–Crippen MR) is 133 cm³/mol. The topological polar surface area (TPSA) is 80.0 Å². The Balaban J connectivity index is 1.79. The van der Waals surface area contributed by atoms with E-state index >= 15 is 0 Å². The Bertz CT molecular complexity index is 1260. The summed E-state index contributed by atoms with van der Waals surface area (Å²) in [6, 6.07) is 22.0. The fourth-order valence-electron chi connectivity index (χ4n) is 4.32. The predicted octanol–water partition coefficient (Wildman–Crippen LogP) is 5.58. The van der Waals surface area contributed by atoms with Crippen molar-refractivity contribution in [3.05, 3.63) is 82.2 Å². The molecule has 1 fully saturated rings. The highest BCUT2D eigenvalue weighted by Gasteiger charge is 2.49. The third kappa shape index (κ3) is 4.05. The largest absolute Gasteiger partial charge is 0.345 e. The first kappa shape index (κ1) is 22.8. The summed E-state index contributed by atoms with van der Waals surface area (Å²) in [6.45, 7) is 8.51. The quantitative estimate of drug-likeness (QED) is 0.540. The molecule has 2 atom stereocenters. The highest BCUT2D eigenvalue weighted by Crippen LogP contribution is 2.45. The summed E-state index contributed by atoms with van der Waals surface area (Å²) in [5.41, 5.74) is 2.95. The Labute approximate surface area is 199 Å². The van der Waals surface area contributed by atoms with Crippen LogP contribution in [0.2, 0.25) is 0 Å². The van der Waals surface area contributed by atoms with Gasteiger partial charge in [0.25, 0.3) is 0 Å². The van der Waals surface area contributed by atoms with E-state index in [0.29, 0.717) is 5.56 Å². The summed E-state index contributed by atoms with van der Waals surface area (Å²) >= 11 is 1.58. The molecule has 168 valence electrons. The van der Waals surface area contributed by atoms with Crippen LogP contribution in [0.15, 0.2) is 60.7 Å². The van der Waals surface area contributed by atoms with E-state index in [9.17, 15) is 10.1 Å². The van der Waals surface area contributed by atoms with E-state index in [1.54, 1.807) is 24.5 Å². The molecular weight excluding hydrogens is 428 g/mol. The maximum absolute atomic E-state index is 13.5. The van der Waals surface area contributed by atoms with Crippen molar-refractivity contribution in [2.24, 2.45) is 0 Å². The lowest BCUT2D eigenvalue weighted by atomic mass is 9.76. The van der Waals surface area contributed by atoms with E-state index in [-0.39, 0.29) is 17.3 Å². The number of hydrogen-bond donors (Lipinski definition) is 2. The molecule has 2 heterocycles. The van der Waals surface area contributed by atoms with Gasteiger partial charge in [-0.25, -0.2) is 0 Å². The first-order valence-electron chi connectivity index (χ1n) is 10.9. The van der Waals surface area contributed by atoms with Crippen molar-refractivity contribution in [2.75, 3.05) is 7.05 Å². The molecule has 2 N–H and O–H groups in total. The molecule has 0 spiro atoms. The highest BCUT2D eigenvalue weighted by molar-refractivity contribution is 7.15. The van der Waals surface area contributed by atoms with E-state index in [0.717, 1.165) is 20.9 Å². The molecule has 1 aliphatic heterocycles. The van der Waals surface area contributed by atoms with Crippen LogP contribution in [0.5, 0.6) is 0 Å². The van der Waals surface area contributed by atoms with Gasteiger partial charge in [0.1, 0.15) is 0 Å². The molecular formula is C27H28N4OS. The Morgan fingerprint density at radius 2 is 1.82 bits per heavy atom. The van der Waals surface area contributed by atoms with Gasteiger partial charge in [-0.15, -0.1) is 11.3 Å². The second-order valence-corrected chi connectivity index (χ2v) is 10.8. The minimum atomic E-state index is -0.778. The monoisotopic (exact) mass is 456 g/mol. The molecule has 33 heavy (non-hydrogen) atoms. The van der Waals surface area contributed by atoms with E-state index in [1.807, 2.05) is 49.4 Å². The average Bonchev–Trinajstić information content (AvgIpc) is 3.29. The standard InChI is InChI=1S/C27H28N4OS/c1-26(2,3)20-11-9-18(10-12-20)23-24(32)31(5)25(29)30-27(23,4)22-14-13-21(33-22)19-8-6-7-17(15-19)16-28/h6-15,23H,1-5H3,(H2,29,30)/t23-,27-/m1/s1. The van der Waals surface area contributed by atoms with Gasteiger partial charge in [0, 0.05) is 16.8 Å². The number of carbonyl (C=O) groups excluding carboxylic acids is 1. The van der Waals surface area contributed by atoms with Gasteiger partial charge in [0.15, 0.2) is 5.96 Å². The van der Waals surface area contributed by atoms with Crippen LogP contribution in [0, 0.1) is 16.7 Å². The molecule has 6 heteroatoms. The lowest BCUT2D eigenvalue weighted by molar-refractivity contribution is -0.131. The van der Waals surface area contributed by atoms with Gasteiger partial charge in [-0.2, -0.15) is 5.26 Å². The zero-order valence-corrected chi connectivity index (χ0v) is 20.4. The third-order valence-electron chi connectivity index (χ3n) is 6.37. The second-order valence-electron chi connectivity index (χ2n) is 9.73. The first-order valence-corrected chi connectivity index (χ1v) is 11.7. The van der Waals surface area contributed by atoms with Gasteiger partial charge >= 0.3 is 0 Å². The van der Waals surface area contributed by atoms with E-state index in [4.69, 9.17) is 5.41 Å². The number of nitrogens with zero attached hydrogens (tertiary/aromatic N) is 2. The van der Waals surface area contributed by atoms with Gasteiger partial charge in [0.2, 0.25) is 5.91 Å². The van der Waals surface area contributed by atoms with Crippen molar-refractivity contribution in [3.8, 4) is 16.5 Å². The number of rotatable bonds is 3. The summed E-state index contributed by atoms with van der Waals surface area (Å²) in [6.07, 6.45) is 0. The lowest BCUT2D eigenvalue weighted by Crippen LogP contribution is -2.62. The number of nitrogens with one attached hydrogen (secondary N) is 2. The van der Waals surface area contributed by atoms with Crippen molar-refractivity contribution in [2.45, 2.75) is 44.6 Å². The maximum atomic E-state index is 13.5. The number of thiophene rings is 1. The number of likely N-dealkylation sites (N-methyl/N-ethyl adjacent to an activating group) is 1. The summed E-state index contributed by atoms with van der Waals surface area (Å²) < 4.78 is 0. The van der Waals surface area contributed by atoms with Crippen LogP contribution in [0.4, 0.5) is 0 Å². The van der Waals surface area contributed by atoms with Crippen LogP contribution in [0.1, 0.15) is 55.2 Å². The molecule has 0 unspecified atom stereocenters. The highest BCUT2D eigenvalue weighted by atomic mass is 32.1. The molecule has 3 aromatic rings. The fraction of sp³-hybridized carbons (Fsp3) is 0.296. The minimum Gasteiger partial charge on any atom is -0.345 e. The average molecular weight is 457 g/mol. The molecule has 0 bridgehead atoms. The van der Waals surface area contributed by atoms with Crippen molar-refractivity contribution in [1.29, 1.82) is 10.7 Å². The third-order valence-corrected chi connectivity index (χ3v) is 7.74. The lowest BCUT2D eigenvalue weighted by Gasteiger charge is -2.45. The Kier molecular flexibility index (Phi) is 5.63. The summed E-state index contributed by atoms with van der Waals surface area (Å²) in [4.78, 5) is 16.9. The van der Waals surface area contributed by atoms with Crippen LogP contribution >= 0.6 is 11.3 Å². The summed E-state index contributed by atoms with van der Waals surface area (Å²) in [5, 5.41) is 21.0.